The lowest BCUT2D eigenvalue weighted by atomic mass is 10.0. The molecule has 3 rings (SSSR count). The van der Waals surface area contributed by atoms with Crippen LogP contribution in [0.25, 0.3) is 11.0 Å². The molecule has 0 saturated heterocycles. The number of fused-ring (bicyclic) bond motifs is 1. The minimum absolute atomic E-state index is 0.486. The van der Waals surface area contributed by atoms with Crippen molar-refractivity contribution in [2.24, 2.45) is 0 Å². The van der Waals surface area contributed by atoms with Crippen LogP contribution in [0.4, 0.5) is 0 Å². The molecule has 0 radical (unpaired) electrons. The Morgan fingerprint density at radius 1 is 0.952 bits per heavy atom. The van der Waals surface area contributed by atoms with E-state index in [4.69, 9.17) is 0 Å². The van der Waals surface area contributed by atoms with E-state index in [1.807, 2.05) is 36.5 Å². The Bertz CT molecular complexity index is 710. The fourth-order valence-electron chi connectivity index (χ4n) is 2.40. The van der Waals surface area contributed by atoms with Crippen molar-refractivity contribution >= 4 is 11.0 Å². The zero-order valence-electron chi connectivity index (χ0n) is 12.2. The van der Waals surface area contributed by atoms with E-state index in [1.54, 1.807) is 0 Å². The molecule has 1 unspecified atom stereocenters. The van der Waals surface area contributed by atoms with Crippen LogP contribution in [0, 0.1) is 0 Å². The largest absolute Gasteiger partial charge is 0.311 e. The van der Waals surface area contributed by atoms with Gasteiger partial charge in [-0.3, -0.25) is 4.98 Å². The highest BCUT2D eigenvalue weighted by molar-refractivity contribution is 5.73. The van der Waals surface area contributed by atoms with Crippen LogP contribution in [-0.2, 0) is 6.54 Å². The number of para-hydroxylation sites is 2. The summed E-state index contributed by atoms with van der Waals surface area (Å²) < 4.78 is 0. The number of hydrogen-bond donors (Lipinski definition) is 1. The number of nitrogens with one attached hydrogen (secondary N) is 1. The highest BCUT2D eigenvalue weighted by atomic mass is 14.9. The minimum atomic E-state index is 0.486. The van der Waals surface area contributed by atoms with E-state index in [0.717, 1.165) is 29.8 Å². The number of benzene rings is 2. The zero-order valence-corrected chi connectivity index (χ0v) is 12.2. The van der Waals surface area contributed by atoms with Gasteiger partial charge in [-0.05, 0) is 23.6 Å². The molecule has 0 fully saturated rings. The van der Waals surface area contributed by atoms with Crippen LogP contribution >= 0.6 is 0 Å². The molecule has 1 heterocycles. The van der Waals surface area contributed by atoms with E-state index in [2.05, 4.69) is 46.5 Å². The van der Waals surface area contributed by atoms with Crippen molar-refractivity contribution in [1.29, 1.82) is 0 Å². The SMILES string of the molecule is CC(CNCc1cnc2ccccc2n1)c1ccccc1. The Morgan fingerprint density at radius 3 is 2.48 bits per heavy atom. The Hall–Kier alpha value is -2.26. The molecule has 1 aromatic heterocycles. The predicted octanol–water partition coefficient (Wildman–Crippen LogP) is 3.52. The van der Waals surface area contributed by atoms with Gasteiger partial charge in [-0.2, -0.15) is 0 Å². The molecule has 106 valence electrons. The first-order valence-electron chi connectivity index (χ1n) is 7.29. The van der Waals surface area contributed by atoms with Crippen LogP contribution in [0.15, 0.2) is 60.8 Å². The maximum absolute atomic E-state index is 4.62. The quantitative estimate of drug-likeness (QED) is 0.775. The fourth-order valence-corrected chi connectivity index (χ4v) is 2.40. The van der Waals surface area contributed by atoms with Crippen LogP contribution in [-0.4, -0.2) is 16.5 Å². The first-order valence-corrected chi connectivity index (χ1v) is 7.29. The van der Waals surface area contributed by atoms with E-state index in [0.29, 0.717) is 5.92 Å². The second kappa shape index (κ2) is 6.46. The Kier molecular flexibility index (Phi) is 4.22. The maximum atomic E-state index is 4.62. The summed E-state index contributed by atoms with van der Waals surface area (Å²) in [4.78, 5) is 9.05. The lowest BCUT2D eigenvalue weighted by molar-refractivity contribution is 0.608. The van der Waals surface area contributed by atoms with Gasteiger partial charge in [0, 0.05) is 13.1 Å². The fraction of sp³-hybridized carbons (Fsp3) is 0.222. The molecule has 3 nitrogen and oxygen atoms in total. The third kappa shape index (κ3) is 3.44. The molecule has 0 aliphatic carbocycles. The van der Waals surface area contributed by atoms with E-state index in [-0.39, 0.29) is 0 Å². The number of hydrogen-bond acceptors (Lipinski definition) is 3. The summed E-state index contributed by atoms with van der Waals surface area (Å²) in [7, 11) is 0. The van der Waals surface area contributed by atoms with Gasteiger partial charge < -0.3 is 5.32 Å². The lowest BCUT2D eigenvalue weighted by Crippen LogP contribution is -2.20. The van der Waals surface area contributed by atoms with Crippen molar-refractivity contribution in [2.45, 2.75) is 19.4 Å². The summed E-state index contributed by atoms with van der Waals surface area (Å²) in [6, 6.07) is 18.5. The second-order valence-corrected chi connectivity index (χ2v) is 5.29. The smallest absolute Gasteiger partial charge is 0.0890 e. The van der Waals surface area contributed by atoms with Gasteiger partial charge in [0.15, 0.2) is 0 Å². The molecule has 0 bridgehead atoms. The van der Waals surface area contributed by atoms with Crippen LogP contribution in [0.3, 0.4) is 0 Å². The van der Waals surface area contributed by atoms with Gasteiger partial charge in [0.1, 0.15) is 0 Å². The van der Waals surface area contributed by atoms with Gasteiger partial charge in [0.05, 0.1) is 22.9 Å². The summed E-state index contributed by atoms with van der Waals surface area (Å²) >= 11 is 0. The molecule has 3 aromatic rings. The third-order valence-electron chi connectivity index (χ3n) is 3.62. The van der Waals surface area contributed by atoms with Crippen molar-refractivity contribution in [3.05, 3.63) is 72.1 Å². The first-order chi connectivity index (χ1) is 10.3. The molecule has 21 heavy (non-hydrogen) atoms. The van der Waals surface area contributed by atoms with Crippen molar-refractivity contribution < 1.29 is 0 Å². The molecule has 0 spiro atoms. The zero-order chi connectivity index (χ0) is 14.5. The van der Waals surface area contributed by atoms with E-state index >= 15 is 0 Å². The van der Waals surface area contributed by atoms with Gasteiger partial charge >= 0.3 is 0 Å². The molecule has 0 saturated carbocycles. The lowest BCUT2D eigenvalue weighted by Gasteiger charge is -2.12. The average Bonchev–Trinajstić information content (AvgIpc) is 2.55. The highest BCUT2D eigenvalue weighted by Gasteiger charge is 2.05. The van der Waals surface area contributed by atoms with Gasteiger partial charge in [-0.1, -0.05) is 49.4 Å². The Balaban J connectivity index is 1.59. The van der Waals surface area contributed by atoms with Crippen LogP contribution < -0.4 is 5.32 Å². The number of aromatic nitrogens is 2. The van der Waals surface area contributed by atoms with Crippen molar-refractivity contribution in [2.75, 3.05) is 6.54 Å². The summed E-state index contributed by atoms with van der Waals surface area (Å²) in [5.41, 5.74) is 4.23. The van der Waals surface area contributed by atoms with E-state index in [1.165, 1.54) is 5.56 Å². The van der Waals surface area contributed by atoms with E-state index < -0.39 is 0 Å². The van der Waals surface area contributed by atoms with Crippen LogP contribution in [0.1, 0.15) is 24.1 Å². The third-order valence-corrected chi connectivity index (χ3v) is 3.62. The molecule has 2 aromatic carbocycles. The minimum Gasteiger partial charge on any atom is -0.311 e. The van der Waals surface area contributed by atoms with Crippen LogP contribution in [0.2, 0.25) is 0 Å². The standard InChI is InChI=1S/C18H19N3/c1-14(15-7-3-2-4-8-15)11-19-12-16-13-20-17-9-5-6-10-18(17)21-16/h2-10,13-14,19H,11-12H2,1H3. The molecule has 1 atom stereocenters. The first kappa shape index (κ1) is 13.7. The highest BCUT2D eigenvalue weighted by Crippen LogP contribution is 2.13. The van der Waals surface area contributed by atoms with Gasteiger partial charge in [-0.15, -0.1) is 0 Å². The summed E-state index contributed by atoms with van der Waals surface area (Å²) in [5.74, 6) is 0.486. The molecule has 0 aliphatic rings. The van der Waals surface area contributed by atoms with Crippen molar-refractivity contribution in [1.82, 2.24) is 15.3 Å². The Morgan fingerprint density at radius 2 is 1.67 bits per heavy atom. The number of nitrogens with zero attached hydrogens (tertiary/aromatic N) is 2. The molecule has 3 heteroatoms. The number of rotatable bonds is 5. The Labute approximate surface area is 125 Å². The predicted molar refractivity (Wildman–Crippen MR) is 86.1 cm³/mol. The van der Waals surface area contributed by atoms with Gasteiger partial charge in [0.2, 0.25) is 0 Å². The van der Waals surface area contributed by atoms with Crippen molar-refractivity contribution in [3.8, 4) is 0 Å². The summed E-state index contributed by atoms with van der Waals surface area (Å²) in [5, 5.41) is 3.46. The van der Waals surface area contributed by atoms with E-state index in [9.17, 15) is 0 Å². The topological polar surface area (TPSA) is 37.8 Å². The van der Waals surface area contributed by atoms with Crippen molar-refractivity contribution in [3.63, 3.8) is 0 Å². The average molecular weight is 277 g/mol. The monoisotopic (exact) mass is 277 g/mol. The van der Waals surface area contributed by atoms with Gasteiger partial charge in [0.25, 0.3) is 0 Å². The molecular formula is C18H19N3. The summed E-state index contributed by atoms with van der Waals surface area (Å²) in [6.45, 7) is 3.90. The normalized spacial score (nSPS) is 12.4. The molecule has 0 aliphatic heterocycles. The van der Waals surface area contributed by atoms with Crippen LogP contribution in [0.5, 0.6) is 0 Å². The van der Waals surface area contributed by atoms with Gasteiger partial charge in [-0.25, -0.2) is 4.98 Å². The molecule has 1 N–H and O–H groups in total. The summed E-state index contributed by atoms with van der Waals surface area (Å²) in [6.07, 6.45) is 1.85. The maximum Gasteiger partial charge on any atom is 0.0890 e. The molecule has 0 amide bonds. The second-order valence-electron chi connectivity index (χ2n) is 5.29. The molecular weight excluding hydrogens is 258 g/mol.